The highest BCUT2D eigenvalue weighted by molar-refractivity contribution is 5.92. The number of benzene rings is 2. The molecule has 0 bridgehead atoms. The lowest BCUT2D eigenvalue weighted by molar-refractivity contribution is -0.139. The number of alkyl halides is 3. The number of anilines is 1. The molecule has 0 aliphatic rings. The quantitative estimate of drug-likeness (QED) is 0.681. The van der Waals surface area contributed by atoms with E-state index in [0.717, 1.165) is 18.2 Å². The van der Waals surface area contributed by atoms with Crippen molar-refractivity contribution in [2.75, 3.05) is 11.9 Å². The van der Waals surface area contributed by atoms with Gasteiger partial charge in [-0.2, -0.15) is 18.3 Å². The molecule has 0 saturated heterocycles. The van der Waals surface area contributed by atoms with Crippen molar-refractivity contribution in [3.8, 4) is 11.4 Å². The Hall–Kier alpha value is -3.36. The lowest BCUT2D eigenvalue weighted by atomic mass is 10.2. The highest BCUT2D eigenvalue weighted by Gasteiger charge is 2.34. The summed E-state index contributed by atoms with van der Waals surface area (Å²) in [6, 6.07) is 10.1. The Bertz CT molecular complexity index is 940. The van der Waals surface area contributed by atoms with E-state index in [4.69, 9.17) is 4.74 Å². The summed E-state index contributed by atoms with van der Waals surface area (Å²) in [6.45, 7) is -0.657. The topological polar surface area (TPSA) is 56.1 Å². The van der Waals surface area contributed by atoms with Crippen molar-refractivity contribution in [3.05, 3.63) is 72.3 Å². The van der Waals surface area contributed by atoms with Crippen LogP contribution in [0.3, 0.4) is 0 Å². The molecule has 0 unspecified atom stereocenters. The van der Waals surface area contributed by atoms with Crippen molar-refractivity contribution in [1.82, 2.24) is 9.78 Å². The summed E-state index contributed by atoms with van der Waals surface area (Å²) >= 11 is 0. The van der Waals surface area contributed by atoms with Gasteiger partial charge in [0.1, 0.15) is 11.4 Å². The minimum absolute atomic E-state index is 0.140. The van der Waals surface area contributed by atoms with Crippen LogP contribution in [0.1, 0.15) is 5.56 Å². The van der Waals surface area contributed by atoms with Crippen LogP contribution < -0.4 is 10.1 Å². The number of amides is 1. The molecule has 0 atom stereocenters. The zero-order valence-corrected chi connectivity index (χ0v) is 13.7. The number of nitrogens with one attached hydrogen (secondary N) is 1. The van der Waals surface area contributed by atoms with Crippen molar-refractivity contribution in [2.24, 2.45) is 0 Å². The first-order valence-corrected chi connectivity index (χ1v) is 7.73. The van der Waals surface area contributed by atoms with Gasteiger partial charge < -0.3 is 10.1 Å². The summed E-state index contributed by atoms with van der Waals surface area (Å²) in [5, 5.41) is 6.28. The van der Waals surface area contributed by atoms with Crippen LogP contribution in [0.25, 0.3) is 5.69 Å². The van der Waals surface area contributed by atoms with E-state index in [1.165, 1.54) is 35.1 Å². The summed E-state index contributed by atoms with van der Waals surface area (Å²) in [7, 11) is 0. The molecule has 1 heterocycles. The maximum Gasteiger partial charge on any atom is 0.419 e. The molecule has 1 N–H and O–H groups in total. The number of rotatable bonds is 5. The molecule has 1 amide bonds. The zero-order chi connectivity index (χ0) is 19.4. The predicted molar refractivity (Wildman–Crippen MR) is 89.1 cm³/mol. The summed E-state index contributed by atoms with van der Waals surface area (Å²) in [5.74, 6) is -1.81. The average molecular weight is 379 g/mol. The smallest absolute Gasteiger partial charge is 0.419 e. The van der Waals surface area contributed by atoms with Gasteiger partial charge in [-0.05, 0) is 36.4 Å². The van der Waals surface area contributed by atoms with E-state index < -0.39 is 35.8 Å². The van der Waals surface area contributed by atoms with E-state index in [1.807, 2.05) is 0 Å². The van der Waals surface area contributed by atoms with Crippen molar-refractivity contribution in [2.45, 2.75) is 6.18 Å². The largest absolute Gasteiger partial charge is 0.483 e. The lowest BCUT2D eigenvalue weighted by Gasteiger charge is -2.13. The van der Waals surface area contributed by atoms with Crippen LogP contribution in [0.15, 0.2) is 60.9 Å². The fourth-order valence-corrected chi connectivity index (χ4v) is 2.35. The molecule has 0 aliphatic carbocycles. The van der Waals surface area contributed by atoms with Crippen LogP contribution in [0.5, 0.6) is 5.75 Å². The molecule has 0 fully saturated rings. The van der Waals surface area contributed by atoms with Crippen LogP contribution in [0, 0.1) is 5.82 Å². The normalized spacial score (nSPS) is 11.3. The predicted octanol–water partition coefficient (Wildman–Crippen LogP) is 4.05. The van der Waals surface area contributed by atoms with Crippen LogP contribution >= 0.6 is 0 Å². The van der Waals surface area contributed by atoms with Gasteiger partial charge in [0.25, 0.3) is 5.91 Å². The van der Waals surface area contributed by atoms with Crippen LogP contribution in [0.2, 0.25) is 0 Å². The number of aromatic nitrogens is 2. The van der Waals surface area contributed by atoms with Crippen LogP contribution in [-0.2, 0) is 11.0 Å². The van der Waals surface area contributed by atoms with Gasteiger partial charge >= 0.3 is 6.18 Å². The molecule has 2 aromatic carbocycles. The van der Waals surface area contributed by atoms with Gasteiger partial charge in [-0.3, -0.25) is 4.79 Å². The first-order valence-electron chi connectivity index (χ1n) is 7.73. The second-order valence-electron chi connectivity index (χ2n) is 5.45. The molecule has 140 valence electrons. The number of hydrogen-bond acceptors (Lipinski definition) is 3. The first-order chi connectivity index (χ1) is 12.8. The van der Waals surface area contributed by atoms with Crippen LogP contribution in [-0.4, -0.2) is 22.3 Å². The number of hydrogen-bond donors (Lipinski definition) is 1. The highest BCUT2D eigenvalue weighted by atomic mass is 19.4. The van der Waals surface area contributed by atoms with Gasteiger partial charge in [0, 0.05) is 18.1 Å². The molecule has 27 heavy (non-hydrogen) atoms. The minimum atomic E-state index is -4.60. The number of halogens is 4. The molecule has 0 radical (unpaired) electrons. The van der Waals surface area contributed by atoms with E-state index in [9.17, 15) is 22.4 Å². The lowest BCUT2D eigenvalue weighted by Crippen LogP contribution is -2.21. The Kier molecular flexibility index (Phi) is 5.11. The zero-order valence-electron chi connectivity index (χ0n) is 13.7. The fraction of sp³-hybridized carbons (Fsp3) is 0.111. The van der Waals surface area contributed by atoms with Crippen LogP contribution in [0.4, 0.5) is 23.2 Å². The SMILES string of the molecule is O=C(COc1ccccc1C(F)(F)F)Nc1ccc(-n2cccn2)c(F)c1. The monoisotopic (exact) mass is 379 g/mol. The standard InChI is InChI=1S/C18H13F4N3O2/c19-14-10-12(6-7-15(14)25-9-3-8-23-25)24-17(26)11-27-16-5-2-1-4-13(16)18(20,21)22/h1-10H,11H2,(H,24,26). The maximum atomic E-state index is 14.1. The van der Waals surface area contributed by atoms with Gasteiger partial charge in [0.05, 0.1) is 5.56 Å². The molecule has 9 heteroatoms. The molecular weight excluding hydrogens is 366 g/mol. The van der Waals surface area contributed by atoms with E-state index in [2.05, 4.69) is 10.4 Å². The summed E-state index contributed by atoms with van der Waals surface area (Å²) in [5.41, 5.74) is -0.651. The van der Waals surface area contributed by atoms with Gasteiger partial charge in [0.15, 0.2) is 12.4 Å². The van der Waals surface area contributed by atoms with Gasteiger partial charge in [-0.25, -0.2) is 9.07 Å². The molecular formula is C18H13F4N3O2. The molecule has 1 aromatic heterocycles. The summed E-state index contributed by atoms with van der Waals surface area (Å²) in [6.07, 6.45) is -1.55. The van der Waals surface area contributed by atoms with Crippen molar-refractivity contribution in [1.29, 1.82) is 0 Å². The van der Waals surface area contributed by atoms with Gasteiger partial charge in [-0.15, -0.1) is 0 Å². The Labute approximate surface area is 151 Å². The molecule has 0 saturated carbocycles. The van der Waals surface area contributed by atoms with Gasteiger partial charge in [-0.1, -0.05) is 12.1 Å². The van der Waals surface area contributed by atoms with E-state index >= 15 is 0 Å². The minimum Gasteiger partial charge on any atom is -0.483 e. The van der Waals surface area contributed by atoms with E-state index in [1.54, 1.807) is 12.3 Å². The third-order valence-corrected chi connectivity index (χ3v) is 3.53. The van der Waals surface area contributed by atoms with Crippen molar-refractivity contribution < 1.29 is 27.1 Å². The third kappa shape index (κ3) is 4.43. The van der Waals surface area contributed by atoms with E-state index in [-0.39, 0.29) is 11.4 Å². The third-order valence-electron chi connectivity index (χ3n) is 3.53. The van der Waals surface area contributed by atoms with Gasteiger partial charge in [0.2, 0.25) is 0 Å². The Morgan fingerprint density at radius 3 is 2.59 bits per heavy atom. The molecule has 3 aromatic rings. The Balaban J connectivity index is 1.65. The number of nitrogens with zero attached hydrogens (tertiary/aromatic N) is 2. The second kappa shape index (κ2) is 7.48. The number of carbonyl (C=O) groups is 1. The molecule has 0 aliphatic heterocycles. The number of ether oxygens (including phenoxy) is 1. The Morgan fingerprint density at radius 2 is 1.93 bits per heavy atom. The molecule has 3 rings (SSSR count). The van der Waals surface area contributed by atoms with Crippen molar-refractivity contribution >= 4 is 11.6 Å². The Morgan fingerprint density at radius 1 is 1.15 bits per heavy atom. The highest BCUT2D eigenvalue weighted by Crippen LogP contribution is 2.35. The first kappa shape index (κ1) is 18.4. The number of carbonyl (C=O) groups excluding carboxylic acids is 1. The average Bonchev–Trinajstić information content (AvgIpc) is 3.14. The fourth-order valence-electron chi connectivity index (χ4n) is 2.35. The van der Waals surface area contributed by atoms with E-state index in [0.29, 0.717) is 0 Å². The molecule has 5 nitrogen and oxygen atoms in total. The van der Waals surface area contributed by atoms with Crippen molar-refractivity contribution in [3.63, 3.8) is 0 Å². The number of para-hydroxylation sites is 1. The maximum absolute atomic E-state index is 14.1. The molecule has 0 spiro atoms. The second-order valence-corrected chi connectivity index (χ2v) is 5.45. The summed E-state index contributed by atoms with van der Waals surface area (Å²) < 4.78 is 59.1. The summed E-state index contributed by atoms with van der Waals surface area (Å²) in [4.78, 5) is 11.9.